The van der Waals surface area contributed by atoms with E-state index in [-0.39, 0.29) is 5.91 Å². The summed E-state index contributed by atoms with van der Waals surface area (Å²) in [6.07, 6.45) is 1.58. The summed E-state index contributed by atoms with van der Waals surface area (Å²) in [7, 11) is 0. The third kappa shape index (κ3) is 2.20. The number of amides is 1. The van der Waals surface area contributed by atoms with E-state index in [0.717, 1.165) is 5.56 Å². The van der Waals surface area contributed by atoms with Gasteiger partial charge < -0.3 is 20.2 Å². The molecule has 0 saturated heterocycles. The number of carbonyl (C=O) groups is 1. The van der Waals surface area contributed by atoms with Crippen molar-refractivity contribution in [2.24, 2.45) is 5.73 Å². The summed E-state index contributed by atoms with van der Waals surface area (Å²) in [6, 6.07) is 8.59. The van der Waals surface area contributed by atoms with Crippen LogP contribution < -0.4 is 15.8 Å². The van der Waals surface area contributed by atoms with Gasteiger partial charge >= 0.3 is 0 Å². The highest BCUT2D eigenvalue weighted by molar-refractivity contribution is 5.97. The minimum Gasteiger partial charge on any atom is -0.491 e. The monoisotopic (exact) mass is 258 g/mol. The van der Waals surface area contributed by atoms with E-state index in [1.165, 1.54) is 0 Å². The number of hydrogen-bond acceptors (Lipinski definition) is 4. The zero-order valence-electron chi connectivity index (χ0n) is 10.3. The van der Waals surface area contributed by atoms with Crippen molar-refractivity contribution < 1.29 is 13.9 Å². The van der Waals surface area contributed by atoms with Crippen LogP contribution in [0.4, 0.5) is 0 Å². The van der Waals surface area contributed by atoms with Crippen molar-refractivity contribution in [1.82, 2.24) is 5.32 Å². The number of carbonyl (C=O) groups excluding carboxylic acids is 1. The summed E-state index contributed by atoms with van der Waals surface area (Å²) in [5.41, 5.74) is 7.44. The van der Waals surface area contributed by atoms with E-state index in [4.69, 9.17) is 14.9 Å². The zero-order valence-corrected chi connectivity index (χ0v) is 10.3. The normalized spacial score (nSPS) is 15.9. The Kier molecular flexibility index (Phi) is 2.97. The van der Waals surface area contributed by atoms with Crippen molar-refractivity contribution in [3.63, 3.8) is 0 Å². The molecule has 1 aromatic carbocycles. The molecule has 1 aliphatic heterocycles. The molecule has 1 atom stereocenters. The van der Waals surface area contributed by atoms with E-state index < -0.39 is 6.04 Å². The van der Waals surface area contributed by atoms with E-state index in [1.807, 2.05) is 12.1 Å². The predicted octanol–water partition coefficient (Wildman–Crippen LogP) is 1.45. The summed E-state index contributed by atoms with van der Waals surface area (Å²) >= 11 is 0. The highest BCUT2D eigenvalue weighted by Crippen LogP contribution is 2.27. The maximum Gasteiger partial charge on any atom is 0.255 e. The predicted molar refractivity (Wildman–Crippen MR) is 69.0 cm³/mol. The lowest BCUT2D eigenvalue weighted by atomic mass is 10.0. The quantitative estimate of drug-likeness (QED) is 0.854. The molecule has 2 aromatic rings. The lowest BCUT2D eigenvalue weighted by Gasteiger charge is -2.12. The van der Waals surface area contributed by atoms with Crippen LogP contribution in [-0.4, -0.2) is 19.1 Å². The van der Waals surface area contributed by atoms with Gasteiger partial charge in [0.2, 0.25) is 0 Å². The molecule has 0 fully saturated rings. The van der Waals surface area contributed by atoms with Crippen LogP contribution in [0, 0.1) is 0 Å². The van der Waals surface area contributed by atoms with Crippen molar-refractivity contribution in [2.75, 3.05) is 13.2 Å². The number of nitrogens with one attached hydrogen (secondary N) is 1. The molecule has 0 aliphatic carbocycles. The Balaban J connectivity index is 1.98. The minimum atomic E-state index is -0.392. The number of furan rings is 1. The number of rotatable bonds is 2. The lowest BCUT2D eigenvalue weighted by molar-refractivity contribution is 0.0957. The van der Waals surface area contributed by atoms with E-state index in [0.29, 0.717) is 30.2 Å². The molecule has 0 spiro atoms. The van der Waals surface area contributed by atoms with Gasteiger partial charge in [0.1, 0.15) is 18.1 Å². The van der Waals surface area contributed by atoms with Gasteiger partial charge in [0.25, 0.3) is 5.91 Å². The summed E-state index contributed by atoms with van der Waals surface area (Å²) in [5, 5.41) is 2.77. The van der Waals surface area contributed by atoms with Crippen molar-refractivity contribution in [1.29, 1.82) is 0 Å². The Labute approximate surface area is 110 Å². The van der Waals surface area contributed by atoms with Gasteiger partial charge in [-0.2, -0.15) is 0 Å². The molecular weight excluding hydrogens is 244 g/mol. The van der Waals surface area contributed by atoms with Crippen LogP contribution in [0.1, 0.15) is 27.7 Å². The molecule has 1 aliphatic rings. The van der Waals surface area contributed by atoms with Crippen LogP contribution in [0.2, 0.25) is 0 Å². The Bertz CT molecular complexity index is 593. The van der Waals surface area contributed by atoms with Crippen LogP contribution >= 0.6 is 0 Å². The highest BCUT2D eigenvalue weighted by atomic mass is 16.5. The molecule has 5 nitrogen and oxygen atoms in total. The Morgan fingerprint density at radius 2 is 2.21 bits per heavy atom. The number of nitrogens with two attached hydrogens (primary N) is 1. The molecule has 3 N–H and O–H groups in total. The van der Waals surface area contributed by atoms with Crippen LogP contribution in [-0.2, 0) is 0 Å². The molecule has 0 radical (unpaired) electrons. The van der Waals surface area contributed by atoms with E-state index in [2.05, 4.69) is 5.32 Å². The average molecular weight is 258 g/mol. The Hall–Kier alpha value is -2.27. The van der Waals surface area contributed by atoms with Gasteiger partial charge in [-0.1, -0.05) is 6.07 Å². The molecule has 0 saturated carbocycles. The summed E-state index contributed by atoms with van der Waals surface area (Å²) in [6.45, 7) is 0.982. The van der Waals surface area contributed by atoms with Gasteiger partial charge in [-0.25, -0.2) is 0 Å². The van der Waals surface area contributed by atoms with Crippen molar-refractivity contribution in [2.45, 2.75) is 6.04 Å². The van der Waals surface area contributed by atoms with Gasteiger partial charge in [0.15, 0.2) is 0 Å². The molecule has 5 heteroatoms. The van der Waals surface area contributed by atoms with Crippen LogP contribution in [0.3, 0.4) is 0 Å². The maximum atomic E-state index is 11.9. The van der Waals surface area contributed by atoms with Gasteiger partial charge in [-0.3, -0.25) is 4.79 Å². The molecular formula is C14H14N2O3. The van der Waals surface area contributed by atoms with Crippen LogP contribution in [0.5, 0.6) is 5.75 Å². The molecule has 19 heavy (non-hydrogen) atoms. The lowest BCUT2D eigenvalue weighted by Crippen LogP contribution is -2.24. The van der Waals surface area contributed by atoms with Crippen molar-refractivity contribution in [3.05, 3.63) is 53.5 Å². The van der Waals surface area contributed by atoms with Gasteiger partial charge in [-0.15, -0.1) is 0 Å². The molecule has 1 aromatic heterocycles. The fourth-order valence-electron chi connectivity index (χ4n) is 2.10. The fourth-order valence-corrected chi connectivity index (χ4v) is 2.10. The second kappa shape index (κ2) is 4.78. The Morgan fingerprint density at radius 3 is 3.00 bits per heavy atom. The summed E-state index contributed by atoms with van der Waals surface area (Å²) in [5.74, 6) is 1.11. The SMILES string of the molecule is NC(c1ccc2c(c1)C(=O)NCCO2)c1ccco1. The molecule has 0 bridgehead atoms. The first kappa shape index (κ1) is 11.8. The van der Waals surface area contributed by atoms with Crippen LogP contribution in [0.25, 0.3) is 0 Å². The second-order valence-electron chi connectivity index (χ2n) is 4.35. The standard InChI is InChI=1S/C14H14N2O3/c15-13(12-2-1-6-18-12)9-3-4-11-10(8-9)14(17)16-5-7-19-11/h1-4,6,8,13H,5,7,15H2,(H,16,17). The fraction of sp³-hybridized carbons (Fsp3) is 0.214. The third-order valence-corrected chi connectivity index (χ3v) is 3.10. The van der Waals surface area contributed by atoms with Gasteiger partial charge in [-0.05, 0) is 29.8 Å². The van der Waals surface area contributed by atoms with Crippen molar-refractivity contribution in [3.8, 4) is 5.75 Å². The highest BCUT2D eigenvalue weighted by Gasteiger charge is 2.19. The number of benzene rings is 1. The first-order valence-corrected chi connectivity index (χ1v) is 6.09. The van der Waals surface area contributed by atoms with E-state index >= 15 is 0 Å². The number of fused-ring (bicyclic) bond motifs is 1. The van der Waals surface area contributed by atoms with Crippen molar-refractivity contribution >= 4 is 5.91 Å². The first-order chi connectivity index (χ1) is 9.25. The van der Waals surface area contributed by atoms with Gasteiger partial charge in [0, 0.05) is 0 Å². The number of hydrogen-bond donors (Lipinski definition) is 2. The summed E-state index contributed by atoms with van der Waals surface area (Å²) in [4.78, 5) is 11.9. The second-order valence-corrected chi connectivity index (χ2v) is 4.35. The van der Waals surface area contributed by atoms with E-state index in [1.54, 1.807) is 24.5 Å². The maximum absolute atomic E-state index is 11.9. The van der Waals surface area contributed by atoms with Crippen LogP contribution in [0.15, 0.2) is 41.0 Å². The van der Waals surface area contributed by atoms with E-state index in [9.17, 15) is 4.79 Å². The molecule has 2 heterocycles. The number of ether oxygens (including phenoxy) is 1. The molecule has 3 rings (SSSR count). The largest absolute Gasteiger partial charge is 0.491 e. The molecule has 1 amide bonds. The third-order valence-electron chi connectivity index (χ3n) is 3.10. The molecule has 98 valence electrons. The summed E-state index contributed by atoms with van der Waals surface area (Å²) < 4.78 is 10.8. The first-order valence-electron chi connectivity index (χ1n) is 6.09. The van der Waals surface area contributed by atoms with Gasteiger partial charge in [0.05, 0.1) is 24.4 Å². The topological polar surface area (TPSA) is 77.5 Å². The minimum absolute atomic E-state index is 0.138. The average Bonchev–Trinajstić information content (AvgIpc) is 2.90. The smallest absolute Gasteiger partial charge is 0.255 e. The Morgan fingerprint density at radius 1 is 1.32 bits per heavy atom. The zero-order chi connectivity index (χ0) is 13.2. The molecule has 1 unspecified atom stereocenters.